The van der Waals surface area contributed by atoms with Crippen LogP contribution in [0.15, 0.2) is 47.6 Å². The molecule has 30 heavy (non-hydrogen) atoms. The van der Waals surface area contributed by atoms with Gasteiger partial charge in [-0.3, -0.25) is 4.99 Å². The number of alkyl halides is 3. The number of nitrogens with zero attached hydrogens (tertiary/aromatic N) is 2. The molecular weight excluding hydrogens is 401 g/mol. The van der Waals surface area contributed by atoms with Crippen LogP contribution in [0.2, 0.25) is 0 Å². The first-order chi connectivity index (χ1) is 14.4. The van der Waals surface area contributed by atoms with Gasteiger partial charge in [0.25, 0.3) is 0 Å². The van der Waals surface area contributed by atoms with Crippen LogP contribution < -0.4 is 20.1 Å². The Morgan fingerprint density at radius 3 is 2.43 bits per heavy atom. The SMILES string of the molecule is CN=C(NCc1ccc(OCC(F)(F)F)cc1)NCc1cccnc1OCCOC. The molecule has 0 saturated heterocycles. The van der Waals surface area contributed by atoms with E-state index in [0.29, 0.717) is 38.1 Å². The monoisotopic (exact) mass is 426 g/mol. The molecular formula is C20H25F3N4O3. The van der Waals surface area contributed by atoms with Crippen molar-refractivity contribution < 1.29 is 27.4 Å². The second-order valence-corrected chi connectivity index (χ2v) is 6.14. The van der Waals surface area contributed by atoms with E-state index >= 15 is 0 Å². The molecule has 2 N–H and O–H groups in total. The highest BCUT2D eigenvalue weighted by atomic mass is 19.4. The van der Waals surface area contributed by atoms with Gasteiger partial charge in [0.15, 0.2) is 12.6 Å². The quantitative estimate of drug-likeness (QED) is 0.346. The molecule has 2 aromatic rings. The molecule has 0 aliphatic rings. The lowest BCUT2D eigenvalue weighted by atomic mass is 10.2. The number of methoxy groups -OCH3 is 1. The number of ether oxygens (including phenoxy) is 3. The molecule has 0 aliphatic carbocycles. The third-order valence-corrected chi connectivity index (χ3v) is 3.83. The summed E-state index contributed by atoms with van der Waals surface area (Å²) in [6.45, 7) is 0.430. The van der Waals surface area contributed by atoms with Crippen LogP contribution in [0.4, 0.5) is 13.2 Å². The number of aliphatic imine (C=N–C) groups is 1. The van der Waals surface area contributed by atoms with Gasteiger partial charge < -0.3 is 24.8 Å². The molecule has 0 aliphatic heterocycles. The summed E-state index contributed by atoms with van der Waals surface area (Å²) in [5.41, 5.74) is 1.73. The van der Waals surface area contributed by atoms with Gasteiger partial charge in [-0.15, -0.1) is 0 Å². The third kappa shape index (κ3) is 8.56. The Morgan fingerprint density at radius 2 is 1.77 bits per heavy atom. The molecule has 0 unspecified atom stereocenters. The van der Waals surface area contributed by atoms with Gasteiger partial charge in [0.1, 0.15) is 12.4 Å². The molecule has 2 rings (SSSR count). The van der Waals surface area contributed by atoms with Crippen LogP contribution in [0.25, 0.3) is 0 Å². The maximum Gasteiger partial charge on any atom is 0.422 e. The lowest BCUT2D eigenvalue weighted by molar-refractivity contribution is -0.153. The van der Waals surface area contributed by atoms with Gasteiger partial charge in [-0.1, -0.05) is 18.2 Å². The molecule has 0 radical (unpaired) electrons. The van der Waals surface area contributed by atoms with Crippen LogP contribution in [-0.2, 0) is 17.8 Å². The number of guanidine groups is 1. The van der Waals surface area contributed by atoms with Crippen molar-refractivity contribution >= 4 is 5.96 Å². The lowest BCUT2D eigenvalue weighted by Gasteiger charge is -2.14. The molecule has 1 heterocycles. The van der Waals surface area contributed by atoms with Crippen molar-refractivity contribution in [3.8, 4) is 11.6 Å². The fourth-order valence-electron chi connectivity index (χ4n) is 2.36. The Labute approximate surface area is 173 Å². The average Bonchev–Trinajstić information content (AvgIpc) is 2.73. The highest BCUT2D eigenvalue weighted by Gasteiger charge is 2.28. The van der Waals surface area contributed by atoms with Crippen molar-refractivity contribution in [3.63, 3.8) is 0 Å². The maximum atomic E-state index is 12.2. The average molecular weight is 426 g/mol. The summed E-state index contributed by atoms with van der Waals surface area (Å²) in [7, 11) is 3.24. The van der Waals surface area contributed by atoms with Gasteiger partial charge in [-0.25, -0.2) is 4.98 Å². The molecule has 7 nitrogen and oxygen atoms in total. The van der Waals surface area contributed by atoms with E-state index in [9.17, 15) is 13.2 Å². The van der Waals surface area contributed by atoms with Gasteiger partial charge in [0.05, 0.1) is 6.61 Å². The van der Waals surface area contributed by atoms with Gasteiger partial charge >= 0.3 is 6.18 Å². The highest BCUT2D eigenvalue weighted by molar-refractivity contribution is 5.79. The second kappa shape index (κ2) is 11.9. The van der Waals surface area contributed by atoms with Crippen molar-refractivity contribution in [2.24, 2.45) is 4.99 Å². The zero-order valence-corrected chi connectivity index (χ0v) is 16.8. The summed E-state index contributed by atoms with van der Waals surface area (Å²) in [4.78, 5) is 8.39. The zero-order chi connectivity index (χ0) is 21.8. The largest absolute Gasteiger partial charge is 0.484 e. The molecule has 1 aromatic heterocycles. The first-order valence-electron chi connectivity index (χ1n) is 9.20. The predicted octanol–water partition coefficient (Wildman–Crippen LogP) is 2.91. The fourth-order valence-corrected chi connectivity index (χ4v) is 2.36. The summed E-state index contributed by atoms with van der Waals surface area (Å²) in [5.74, 6) is 1.24. The lowest BCUT2D eigenvalue weighted by Crippen LogP contribution is -2.36. The van der Waals surface area contributed by atoms with E-state index in [2.05, 4.69) is 20.6 Å². The summed E-state index contributed by atoms with van der Waals surface area (Å²) in [6, 6.07) is 10.1. The van der Waals surface area contributed by atoms with E-state index in [-0.39, 0.29) is 5.75 Å². The predicted molar refractivity (Wildman–Crippen MR) is 107 cm³/mol. The van der Waals surface area contributed by atoms with E-state index in [1.54, 1.807) is 32.5 Å². The number of hydrogen-bond donors (Lipinski definition) is 2. The Bertz CT molecular complexity index is 799. The summed E-state index contributed by atoms with van der Waals surface area (Å²) >= 11 is 0. The van der Waals surface area contributed by atoms with E-state index in [1.807, 2.05) is 12.1 Å². The van der Waals surface area contributed by atoms with Crippen molar-refractivity contribution in [2.45, 2.75) is 19.3 Å². The van der Waals surface area contributed by atoms with Crippen LogP contribution >= 0.6 is 0 Å². The summed E-state index contributed by atoms with van der Waals surface area (Å²) in [5, 5.41) is 6.31. The zero-order valence-electron chi connectivity index (χ0n) is 16.8. The van der Waals surface area contributed by atoms with E-state index in [1.165, 1.54) is 12.1 Å². The van der Waals surface area contributed by atoms with Crippen molar-refractivity contribution in [3.05, 3.63) is 53.7 Å². The van der Waals surface area contributed by atoms with Gasteiger partial charge in [0.2, 0.25) is 5.88 Å². The number of pyridine rings is 1. The van der Waals surface area contributed by atoms with Crippen LogP contribution in [0.3, 0.4) is 0 Å². The number of nitrogens with one attached hydrogen (secondary N) is 2. The van der Waals surface area contributed by atoms with Gasteiger partial charge in [0, 0.05) is 39.0 Å². The van der Waals surface area contributed by atoms with E-state index in [0.717, 1.165) is 11.1 Å². The minimum Gasteiger partial charge on any atom is -0.484 e. The Balaban J connectivity index is 1.83. The molecule has 0 saturated carbocycles. The Kier molecular flexibility index (Phi) is 9.20. The first kappa shape index (κ1) is 23.3. The van der Waals surface area contributed by atoms with Crippen LogP contribution in [0, 0.1) is 0 Å². The minimum absolute atomic E-state index is 0.163. The second-order valence-electron chi connectivity index (χ2n) is 6.14. The van der Waals surface area contributed by atoms with Gasteiger partial charge in [-0.05, 0) is 23.8 Å². The van der Waals surface area contributed by atoms with Crippen molar-refractivity contribution in [1.82, 2.24) is 15.6 Å². The fraction of sp³-hybridized carbons (Fsp3) is 0.400. The van der Waals surface area contributed by atoms with Gasteiger partial charge in [-0.2, -0.15) is 13.2 Å². The van der Waals surface area contributed by atoms with E-state index < -0.39 is 12.8 Å². The molecule has 0 spiro atoms. The standard InChI is InChI=1S/C20H25F3N4O3/c1-24-19(27-13-16-4-3-9-25-18(16)29-11-10-28-2)26-12-15-5-7-17(8-6-15)30-14-20(21,22)23/h3-9H,10-14H2,1-2H3,(H2,24,26,27). The Hall–Kier alpha value is -3.01. The molecule has 0 amide bonds. The topological polar surface area (TPSA) is 77.0 Å². The van der Waals surface area contributed by atoms with Crippen molar-refractivity contribution in [2.75, 3.05) is 34.0 Å². The van der Waals surface area contributed by atoms with Crippen LogP contribution in [0.1, 0.15) is 11.1 Å². The number of halogens is 3. The van der Waals surface area contributed by atoms with E-state index in [4.69, 9.17) is 14.2 Å². The number of benzene rings is 1. The maximum absolute atomic E-state index is 12.2. The smallest absolute Gasteiger partial charge is 0.422 e. The summed E-state index contributed by atoms with van der Waals surface area (Å²) in [6.07, 6.45) is -2.71. The van der Waals surface area contributed by atoms with Crippen molar-refractivity contribution in [1.29, 1.82) is 0 Å². The molecule has 0 fully saturated rings. The minimum atomic E-state index is -4.36. The highest BCUT2D eigenvalue weighted by Crippen LogP contribution is 2.19. The number of rotatable bonds is 10. The molecule has 164 valence electrons. The third-order valence-electron chi connectivity index (χ3n) is 3.83. The molecule has 0 bridgehead atoms. The normalized spacial score (nSPS) is 11.8. The summed E-state index contributed by atoms with van der Waals surface area (Å²) < 4.78 is 51.9. The number of aromatic nitrogens is 1. The molecule has 1 aromatic carbocycles. The first-order valence-corrected chi connectivity index (χ1v) is 9.20. The van der Waals surface area contributed by atoms with Crippen LogP contribution in [0.5, 0.6) is 11.6 Å². The Morgan fingerprint density at radius 1 is 1.03 bits per heavy atom. The number of hydrogen-bond acceptors (Lipinski definition) is 5. The van der Waals surface area contributed by atoms with Crippen LogP contribution in [-0.4, -0.2) is 51.1 Å². The molecule has 0 atom stereocenters. The molecule has 10 heteroatoms.